The molecule has 4 heteroatoms. The molecular weight excluding hydrogens is 233 g/mol. The van der Waals surface area contributed by atoms with Gasteiger partial charge in [0.25, 0.3) is 0 Å². The Morgan fingerprint density at radius 2 is 1.89 bits per heavy atom. The number of carboxylic acid groups (broad SMARTS) is 1. The third kappa shape index (κ3) is 5.27. The summed E-state index contributed by atoms with van der Waals surface area (Å²) in [4.78, 5) is 12.8. The topological polar surface area (TPSA) is 40.5 Å². The van der Waals surface area contributed by atoms with Crippen molar-refractivity contribution >= 4 is 5.97 Å². The summed E-state index contributed by atoms with van der Waals surface area (Å²) in [6, 6.07) is 6.36. The van der Waals surface area contributed by atoms with Gasteiger partial charge in [0.2, 0.25) is 0 Å². The maximum atomic E-state index is 12.8. The molecule has 1 N–H and O–H groups in total. The summed E-state index contributed by atoms with van der Waals surface area (Å²) >= 11 is 0. The number of rotatable bonds is 6. The molecule has 100 valence electrons. The highest BCUT2D eigenvalue weighted by molar-refractivity contribution is 5.67. The van der Waals surface area contributed by atoms with E-state index < -0.39 is 5.97 Å². The van der Waals surface area contributed by atoms with Crippen LogP contribution in [0.1, 0.15) is 25.8 Å². The fourth-order valence-corrected chi connectivity index (χ4v) is 2.15. The minimum atomic E-state index is -0.782. The van der Waals surface area contributed by atoms with Crippen LogP contribution in [-0.4, -0.2) is 29.6 Å². The Hall–Kier alpha value is -1.42. The minimum Gasteiger partial charge on any atom is -0.481 e. The van der Waals surface area contributed by atoms with Gasteiger partial charge in [0.1, 0.15) is 5.82 Å². The van der Waals surface area contributed by atoms with E-state index in [0.29, 0.717) is 13.1 Å². The summed E-state index contributed by atoms with van der Waals surface area (Å²) in [5.74, 6) is -1.03. The molecule has 18 heavy (non-hydrogen) atoms. The first-order valence-electron chi connectivity index (χ1n) is 5.93. The standard InChI is InChI=1S/C14H20FNO2/c1-14(2,8-13(17)18)10-16(3)9-11-4-6-12(15)7-5-11/h4-7H,8-10H2,1-3H3,(H,17,18). The van der Waals surface area contributed by atoms with Crippen LogP contribution in [-0.2, 0) is 11.3 Å². The lowest BCUT2D eigenvalue weighted by Gasteiger charge is -2.29. The van der Waals surface area contributed by atoms with Crippen LogP contribution in [0.2, 0.25) is 0 Å². The van der Waals surface area contributed by atoms with Gasteiger partial charge in [0.15, 0.2) is 0 Å². The number of carboxylic acids is 1. The molecule has 1 aromatic rings. The molecule has 1 aromatic carbocycles. The minimum absolute atomic E-state index is 0.140. The van der Waals surface area contributed by atoms with Gasteiger partial charge >= 0.3 is 5.97 Å². The van der Waals surface area contributed by atoms with Crippen LogP contribution in [0.25, 0.3) is 0 Å². The predicted octanol–water partition coefficient (Wildman–Crippen LogP) is 2.76. The van der Waals surface area contributed by atoms with E-state index in [9.17, 15) is 9.18 Å². The van der Waals surface area contributed by atoms with Crippen molar-refractivity contribution in [1.82, 2.24) is 4.90 Å². The third-order valence-corrected chi connectivity index (χ3v) is 2.69. The van der Waals surface area contributed by atoms with Crippen molar-refractivity contribution in [2.45, 2.75) is 26.8 Å². The monoisotopic (exact) mass is 253 g/mol. The Labute approximate surface area is 107 Å². The molecule has 0 unspecified atom stereocenters. The Balaban J connectivity index is 2.53. The van der Waals surface area contributed by atoms with Gasteiger partial charge in [0, 0.05) is 13.1 Å². The largest absolute Gasteiger partial charge is 0.481 e. The molecule has 0 bridgehead atoms. The Bertz CT molecular complexity index is 401. The maximum absolute atomic E-state index is 12.8. The zero-order valence-electron chi connectivity index (χ0n) is 11.1. The Kier molecular flexibility index (Phi) is 4.84. The van der Waals surface area contributed by atoms with Gasteiger partial charge in [-0.2, -0.15) is 0 Å². The number of carbonyl (C=O) groups is 1. The van der Waals surface area contributed by atoms with Gasteiger partial charge in [-0.25, -0.2) is 4.39 Å². The molecule has 0 atom stereocenters. The number of halogens is 1. The summed E-state index contributed by atoms with van der Waals surface area (Å²) in [5.41, 5.74) is 0.741. The summed E-state index contributed by atoms with van der Waals surface area (Å²) in [7, 11) is 1.94. The fourth-order valence-electron chi connectivity index (χ4n) is 2.15. The predicted molar refractivity (Wildman–Crippen MR) is 68.8 cm³/mol. The molecule has 0 heterocycles. The molecule has 0 saturated carbocycles. The second-order valence-electron chi connectivity index (χ2n) is 5.53. The lowest BCUT2D eigenvalue weighted by Crippen LogP contribution is -2.32. The van der Waals surface area contributed by atoms with Gasteiger partial charge in [-0.1, -0.05) is 26.0 Å². The normalized spacial score (nSPS) is 11.8. The average Bonchev–Trinajstić information content (AvgIpc) is 2.18. The van der Waals surface area contributed by atoms with Gasteiger partial charge in [0.05, 0.1) is 6.42 Å². The van der Waals surface area contributed by atoms with Crippen molar-refractivity contribution in [1.29, 1.82) is 0 Å². The van der Waals surface area contributed by atoms with E-state index in [4.69, 9.17) is 5.11 Å². The molecular formula is C14H20FNO2. The summed E-state index contributed by atoms with van der Waals surface area (Å²) < 4.78 is 12.8. The van der Waals surface area contributed by atoms with Gasteiger partial charge < -0.3 is 10.0 Å². The zero-order chi connectivity index (χ0) is 13.8. The van der Waals surface area contributed by atoms with E-state index in [1.807, 2.05) is 20.9 Å². The van der Waals surface area contributed by atoms with Crippen molar-refractivity contribution in [3.05, 3.63) is 35.6 Å². The number of benzene rings is 1. The number of hydrogen-bond donors (Lipinski definition) is 1. The van der Waals surface area contributed by atoms with Crippen molar-refractivity contribution in [3.8, 4) is 0 Å². The Morgan fingerprint density at radius 3 is 2.39 bits per heavy atom. The van der Waals surface area contributed by atoms with Crippen LogP contribution < -0.4 is 0 Å². The summed E-state index contributed by atoms with van der Waals surface area (Å²) in [6.45, 7) is 5.23. The lowest BCUT2D eigenvalue weighted by molar-refractivity contribution is -0.139. The van der Waals surface area contributed by atoms with Crippen molar-refractivity contribution in [3.63, 3.8) is 0 Å². The van der Waals surface area contributed by atoms with Crippen molar-refractivity contribution < 1.29 is 14.3 Å². The fraction of sp³-hybridized carbons (Fsp3) is 0.500. The highest BCUT2D eigenvalue weighted by atomic mass is 19.1. The second kappa shape index (κ2) is 5.96. The molecule has 0 saturated heterocycles. The SMILES string of the molecule is CN(Cc1ccc(F)cc1)CC(C)(C)CC(=O)O. The van der Waals surface area contributed by atoms with Crippen LogP contribution in [0, 0.1) is 11.2 Å². The molecule has 0 amide bonds. The molecule has 3 nitrogen and oxygen atoms in total. The van der Waals surface area contributed by atoms with Crippen LogP contribution >= 0.6 is 0 Å². The van der Waals surface area contributed by atoms with Crippen molar-refractivity contribution in [2.24, 2.45) is 5.41 Å². The maximum Gasteiger partial charge on any atom is 0.303 e. The van der Waals surface area contributed by atoms with E-state index in [1.165, 1.54) is 12.1 Å². The van der Waals surface area contributed by atoms with Gasteiger partial charge in [-0.05, 0) is 30.2 Å². The molecule has 0 aliphatic rings. The third-order valence-electron chi connectivity index (χ3n) is 2.69. The number of nitrogens with zero attached hydrogens (tertiary/aromatic N) is 1. The van der Waals surface area contributed by atoms with Crippen LogP contribution in [0.4, 0.5) is 4.39 Å². The van der Waals surface area contributed by atoms with Crippen LogP contribution in [0.5, 0.6) is 0 Å². The molecule has 0 aliphatic carbocycles. The van der Waals surface area contributed by atoms with Gasteiger partial charge in [-0.3, -0.25) is 4.79 Å². The first-order chi connectivity index (χ1) is 8.28. The quantitative estimate of drug-likeness (QED) is 0.847. The molecule has 0 fully saturated rings. The molecule has 0 radical (unpaired) electrons. The first-order valence-corrected chi connectivity index (χ1v) is 5.93. The molecule has 0 aromatic heterocycles. The van der Waals surface area contributed by atoms with E-state index in [0.717, 1.165) is 5.56 Å². The highest BCUT2D eigenvalue weighted by Crippen LogP contribution is 2.22. The first kappa shape index (κ1) is 14.6. The van der Waals surface area contributed by atoms with E-state index in [2.05, 4.69) is 4.90 Å². The summed E-state index contributed by atoms with van der Waals surface area (Å²) in [5, 5.41) is 8.82. The Morgan fingerprint density at radius 1 is 1.33 bits per heavy atom. The number of aliphatic carboxylic acids is 1. The molecule has 0 spiro atoms. The van der Waals surface area contributed by atoms with Crippen LogP contribution in [0.3, 0.4) is 0 Å². The molecule has 0 aliphatic heterocycles. The van der Waals surface area contributed by atoms with Gasteiger partial charge in [-0.15, -0.1) is 0 Å². The summed E-state index contributed by atoms with van der Waals surface area (Å²) in [6.07, 6.45) is 0.140. The number of hydrogen-bond acceptors (Lipinski definition) is 2. The smallest absolute Gasteiger partial charge is 0.303 e. The zero-order valence-corrected chi connectivity index (χ0v) is 11.1. The second-order valence-corrected chi connectivity index (χ2v) is 5.53. The highest BCUT2D eigenvalue weighted by Gasteiger charge is 2.23. The van der Waals surface area contributed by atoms with E-state index in [-0.39, 0.29) is 17.7 Å². The van der Waals surface area contributed by atoms with Crippen molar-refractivity contribution in [2.75, 3.05) is 13.6 Å². The van der Waals surface area contributed by atoms with E-state index in [1.54, 1.807) is 12.1 Å². The molecule has 1 rings (SSSR count). The average molecular weight is 253 g/mol. The lowest BCUT2D eigenvalue weighted by atomic mass is 9.89. The van der Waals surface area contributed by atoms with E-state index >= 15 is 0 Å². The van der Waals surface area contributed by atoms with Crippen LogP contribution in [0.15, 0.2) is 24.3 Å².